The Morgan fingerprint density at radius 2 is 2.07 bits per heavy atom. The van der Waals surface area contributed by atoms with E-state index < -0.39 is 0 Å². The van der Waals surface area contributed by atoms with Crippen molar-refractivity contribution in [3.63, 3.8) is 0 Å². The lowest BCUT2D eigenvalue weighted by molar-refractivity contribution is -0.142. The second-order valence-electron chi connectivity index (χ2n) is 7.13. The number of aliphatic imine (C=N–C) groups is 1. The van der Waals surface area contributed by atoms with Gasteiger partial charge in [0.1, 0.15) is 18.0 Å². The molecule has 0 spiro atoms. The Balaban J connectivity index is 0.00000300. The van der Waals surface area contributed by atoms with Crippen molar-refractivity contribution in [3.8, 4) is 5.75 Å². The van der Waals surface area contributed by atoms with Gasteiger partial charge in [-0.3, -0.25) is 9.79 Å². The van der Waals surface area contributed by atoms with E-state index in [2.05, 4.69) is 15.2 Å². The van der Waals surface area contributed by atoms with Crippen molar-refractivity contribution in [2.24, 2.45) is 4.99 Å². The smallest absolute Gasteiger partial charge is 0.251 e. The molecule has 1 aromatic rings. The van der Waals surface area contributed by atoms with Gasteiger partial charge in [0.05, 0.1) is 6.54 Å². The largest absolute Gasteiger partial charge is 0.489 e. The number of nitrogens with zero attached hydrogens (tertiary/aromatic N) is 3. The summed E-state index contributed by atoms with van der Waals surface area (Å²) in [6.45, 7) is 6.20. The Labute approximate surface area is 194 Å². The van der Waals surface area contributed by atoms with E-state index in [1.54, 1.807) is 13.1 Å². The number of ether oxygens (including phenoxy) is 2. The fourth-order valence-electron chi connectivity index (χ4n) is 3.50. The zero-order valence-corrected chi connectivity index (χ0v) is 20.1. The highest BCUT2D eigenvalue weighted by molar-refractivity contribution is 14.0. The number of hydrogen-bond acceptors (Lipinski definition) is 4. The number of carbonyl (C=O) groups is 1. The van der Waals surface area contributed by atoms with Gasteiger partial charge in [-0.05, 0) is 38.0 Å². The molecule has 2 fully saturated rings. The van der Waals surface area contributed by atoms with E-state index >= 15 is 0 Å². The highest BCUT2D eigenvalue weighted by Gasteiger charge is 2.30. The van der Waals surface area contributed by atoms with Gasteiger partial charge in [0.25, 0.3) is 5.91 Å². The van der Waals surface area contributed by atoms with Crippen molar-refractivity contribution >= 4 is 47.4 Å². The van der Waals surface area contributed by atoms with Crippen LogP contribution < -0.4 is 10.1 Å². The molecule has 0 aromatic heterocycles. The lowest BCUT2D eigenvalue weighted by atomic mass is 10.2. The standard InChI is InChI=1S/C20H29ClN4O3.HI/c1-15(28-17-6-3-5-16(21)13-17)14-23-20(22-2)25-10-8-24(9-11-25)19(26)18-7-4-12-27-18;/h3,5-6,13,15,18H,4,7-12,14H2,1-2H3,(H,22,23);1H. The minimum Gasteiger partial charge on any atom is -0.489 e. The summed E-state index contributed by atoms with van der Waals surface area (Å²) in [5.74, 6) is 1.70. The third kappa shape index (κ3) is 6.89. The second kappa shape index (κ2) is 11.8. The van der Waals surface area contributed by atoms with Crippen molar-refractivity contribution in [1.82, 2.24) is 15.1 Å². The van der Waals surface area contributed by atoms with E-state index in [0.29, 0.717) is 31.3 Å². The van der Waals surface area contributed by atoms with Crippen molar-refractivity contribution in [3.05, 3.63) is 29.3 Å². The van der Waals surface area contributed by atoms with Crippen LogP contribution in [-0.2, 0) is 9.53 Å². The third-order valence-electron chi connectivity index (χ3n) is 4.99. The number of halogens is 2. The number of amides is 1. The molecule has 162 valence electrons. The Kier molecular flexibility index (Phi) is 9.78. The van der Waals surface area contributed by atoms with Gasteiger partial charge in [-0.25, -0.2) is 0 Å². The number of rotatable bonds is 5. The molecule has 0 aliphatic carbocycles. The number of piperazine rings is 1. The van der Waals surface area contributed by atoms with Gasteiger partial charge in [-0.15, -0.1) is 24.0 Å². The molecule has 7 nitrogen and oxygen atoms in total. The molecule has 2 aliphatic rings. The molecule has 0 radical (unpaired) electrons. The third-order valence-corrected chi connectivity index (χ3v) is 5.22. The lowest BCUT2D eigenvalue weighted by Crippen LogP contribution is -2.55. The zero-order chi connectivity index (χ0) is 19.9. The van der Waals surface area contributed by atoms with Crippen LogP contribution in [0, 0.1) is 0 Å². The topological polar surface area (TPSA) is 66.4 Å². The average molecular weight is 537 g/mol. The van der Waals surface area contributed by atoms with E-state index in [1.807, 2.05) is 30.0 Å². The van der Waals surface area contributed by atoms with Gasteiger partial charge in [-0.1, -0.05) is 17.7 Å². The van der Waals surface area contributed by atoms with Crippen LogP contribution in [0.25, 0.3) is 0 Å². The van der Waals surface area contributed by atoms with Crippen molar-refractivity contribution in [1.29, 1.82) is 0 Å². The van der Waals surface area contributed by atoms with Gasteiger partial charge in [-0.2, -0.15) is 0 Å². The second-order valence-corrected chi connectivity index (χ2v) is 7.56. The maximum absolute atomic E-state index is 12.5. The minimum atomic E-state index is -0.242. The van der Waals surface area contributed by atoms with E-state index in [4.69, 9.17) is 21.1 Å². The molecule has 1 aromatic carbocycles. The first kappa shape index (κ1) is 24.0. The fraction of sp³-hybridized carbons (Fsp3) is 0.600. The quantitative estimate of drug-likeness (QED) is 0.356. The first-order valence-electron chi connectivity index (χ1n) is 9.85. The first-order chi connectivity index (χ1) is 13.6. The highest BCUT2D eigenvalue weighted by atomic mass is 127. The molecule has 1 N–H and O–H groups in total. The SMILES string of the molecule is CN=C(NCC(C)Oc1cccc(Cl)c1)N1CCN(C(=O)C2CCCO2)CC1.I. The predicted molar refractivity (Wildman–Crippen MR) is 125 cm³/mol. The summed E-state index contributed by atoms with van der Waals surface area (Å²) in [5, 5.41) is 4.02. The summed E-state index contributed by atoms with van der Waals surface area (Å²) in [6.07, 6.45) is 1.53. The number of guanidine groups is 1. The average Bonchev–Trinajstić information content (AvgIpc) is 3.23. The summed E-state index contributed by atoms with van der Waals surface area (Å²) < 4.78 is 11.4. The minimum absolute atomic E-state index is 0. The molecule has 29 heavy (non-hydrogen) atoms. The Bertz CT molecular complexity index is 692. The van der Waals surface area contributed by atoms with Crippen LogP contribution in [0.15, 0.2) is 29.3 Å². The monoisotopic (exact) mass is 536 g/mol. The van der Waals surface area contributed by atoms with Gasteiger partial charge in [0.15, 0.2) is 5.96 Å². The highest BCUT2D eigenvalue weighted by Crippen LogP contribution is 2.18. The number of hydrogen-bond donors (Lipinski definition) is 1. The summed E-state index contributed by atoms with van der Waals surface area (Å²) in [6, 6.07) is 7.38. The summed E-state index contributed by atoms with van der Waals surface area (Å²) in [5.41, 5.74) is 0. The Morgan fingerprint density at radius 1 is 1.34 bits per heavy atom. The molecule has 9 heteroatoms. The van der Waals surface area contributed by atoms with Gasteiger partial charge < -0.3 is 24.6 Å². The zero-order valence-electron chi connectivity index (χ0n) is 17.0. The predicted octanol–water partition coefficient (Wildman–Crippen LogP) is 2.62. The van der Waals surface area contributed by atoms with E-state index in [9.17, 15) is 4.79 Å². The molecule has 2 saturated heterocycles. The number of carbonyl (C=O) groups excluding carboxylic acids is 1. The maximum atomic E-state index is 12.5. The molecule has 0 bridgehead atoms. The number of nitrogens with one attached hydrogen (secondary N) is 1. The summed E-state index contributed by atoms with van der Waals surface area (Å²) in [4.78, 5) is 20.9. The van der Waals surface area contributed by atoms with Gasteiger partial charge in [0.2, 0.25) is 0 Å². The van der Waals surface area contributed by atoms with Crippen LogP contribution >= 0.6 is 35.6 Å². The molecule has 2 unspecified atom stereocenters. The molecule has 2 atom stereocenters. The van der Waals surface area contributed by atoms with E-state index in [0.717, 1.165) is 37.6 Å². The van der Waals surface area contributed by atoms with Crippen LogP contribution in [0.5, 0.6) is 5.75 Å². The normalized spacial score (nSPS) is 20.8. The van der Waals surface area contributed by atoms with Crippen LogP contribution in [0.4, 0.5) is 0 Å². The molecule has 1 amide bonds. The Hall–Kier alpha value is -1.26. The fourth-order valence-corrected chi connectivity index (χ4v) is 3.68. The number of benzene rings is 1. The van der Waals surface area contributed by atoms with Crippen LogP contribution in [0.1, 0.15) is 19.8 Å². The van der Waals surface area contributed by atoms with Crippen molar-refractivity contribution < 1.29 is 14.3 Å². The van der Waals surface area contributed by atoms with Crippen LogP contribution in [0.3, 0.4) is 0 Å². The summed E-state index contributed by atoms with van der Waals surface area (Å²) in [7, 11) is 1.77. The molecular weight excluding hydrogens is 507 g/mol. The first-order valence-corrected chi connectivity index (χ1v) is 10.2. The van der Waals surface area contributed by atoms with Crippen molar-refractivity contribution in [2.45, 2.75) is 32.0 Å². The molecular formula is C20H30ClIN4O3. The molecule has 2 heterocycles. The van der Waals surface area contributed by atoms with Crippen LogP contribution in [-0.4, -0.2) is 80.3 Å². The van der Waals surface area contributed by atoms with Crippen molar-refractivity contribution in [2.75, 3.05) is 46.4 Å². The Morgan fingerprint density at radius 3 is 2.69 bits per heavy atom. The molecule has 0 saturated carbocycles. The van der Waals surface area contributed by atoms with Gasteiger partial charge in [0, 0.05) is 44.9 Å². The molecule has 2 aliphatic heterocycles. The molecule has 3 rings (SSSR count). The lowest BCUT2D eigenvalue weighted by Gasteiger charge is -2.37. The van der Waals surface area contributed by atoms with E-state index in [1.165, 1.54) is 0 Å². The van der Waals surface area contributed by atoms with Gasteiger partial charge >= 0.3 is 0 Å². The summed E-state index contributed by atoms with van der Waals surface area (Å²) >= 11 is 6.00. The van der Waals surface area contributed by atoms with E-state index in [-0.39, 0.29) is 42.1 Å². The van der Waals surface area contributed by atoms with Crippen LogP contribution in [0.2, 0.25) is 5.02 Å². The maximum Gasteiger partial charge on any atom is 0.251 e.